The molecule has 0 saturated heterocycles. The van der Waals surface area contributed by atoms with E-state index in [2.05, 4.69) is 86.4 Å². The van der Waals surface area contributed by atoms with Crippen molar-refractivity contribution >= 4 is 21.8 Å². The van der Waals surface area contributed by atoms with Crippen LogP contribution in [0.25, 0.3) is 21.8 Å². The van der Waals surface area contributed by atoms with Crippen molar-refractivity contribution in [2.24, 2.45) is 0 Å². The molecule has 0 bridgehead atoms. The molecule has 0 amide bonds. The van der Waals surface area contributed by atoms with E-state index >= 15 is 0 Å². The molecule has 0 atom stereocenters. The molecule has 0 aliphatic heterocycles. The zero-order valence-corrected chi connectivity index (χ0v) is 14.9. The first-order valence-electron chi connectivity index (χ1n) is 9.07. The number of nitrogens with zero attached hydrogens (tertiary/aromatic N) is 4. The number of pyridine rings is 2. The van der Waals surface area contributed by atoms with Gasteiger partial charge in [-0.3, -0.25) is 9.97 Å². The SMILES string of the molecule is c1cnc2c(Cn3cc[n+](Cc4cccc5cccnc45)c3)cccc2c1. The molecule has 130 valence electrons. The molecule has 0 saturated carbocycles. The lowest BCUT2D eigenvalue weighted by molar-refractivity contribution is -0.687. The Balaban J connectivity index is 1.43. The van der Waals surface area contributed by atoms with Gasteiger partial charge in [-0.05, 0) is 12.1 Å². The Bertz CT molecular complexity index is 1130. The topological polar surface area (TPSA) is 34.6 Å². The molecule has 0 fully saturated rings. The summed E-state index contributed by atoms with van der Waals surface area (Å²) in [5.74, 6) is 0. The molecular formula is C23H19N4+. The maximum Gasteiger partial charge on any atom is 0.244 e. The molecule has 0 radical (unpaired) electrons. The van der Waals surface area contributed by atoms with Gasteiger partial charge in [0.15, 0.2) is 0 Å². The zero-order chi connectivity index (χ0) is 18.1. The van der Waals surface area contributed by atoms with E-state index in [4.69, 9.17) is 0 Å². The summed E-state index contributed by atoms with van der Waals surface area (Å²) in [5, 5.41) is 2.36. The van der Waals surface area contributed by atoms with Crippen LogP contribution in [-0.2, 0) is 13.1 Å². The quantitative estimate of drug-likeness (QED) is 0.459. The number of para-hydroxylation sites is 2. The van der Waals surface area contributed by atoms with Crippen LogP contribution in [0.3, 0.4) is 0 Å². The molecule has 0 N–H and O–H groups in total. The summed E-state index contributed by atoms with van der Waals surface area (Å²) in [6, 6.07) is 20.9. The number of aromatic nitrogens is 4. The van der Waals surface area contributed by atoms with Crippen molar-refractivity contribution in [1.29, 1.82) is 0 Å². The molecule has 3 aromatic heterocycles. The van der Waals surface area contributed by atoms with Gasteiger partial charge in [0.05, 0.1) is 11.0 Å². The lowest BCUT2D eigenvalue weighted by Crippen LogP contribution is -2.31. The highest BCUT2D eigenvalue weighted by atomic mass is 15.1. The molecule has 0 unspecified atom stereocenters. The fraction of sp³-hybridized carbons (Fsp3) is 0.0870. The van der Waals surface area contributed by atoms with Gasteiger partial charge in [-0.1, -0.05) is 48.5 Å². The van der Waals surface area contributed by atoms with Crippen molar-refractivity contribution in [3.63, 3.8) is 0 Å². The first-order valence-corrected chi connectivity index (χ1v) is 9.07. The van der Waals surface area contributed by atoms with Crippen LogP contribution in [0.2, 0.25) is 0 Å². The molecular weight excluding hydrogens is 332 g/mol. The van der Waals surface area contributed by atoms with Crippen LogP contribution in [0.1, 0.15) is 11.1 Å². The smallest absolute Gasteiger partial charge is 0.244 e. The van der Waals surface area contributed by atoms with Crippen molar-refractivity contribution < 1.29 is 4.57 Å². The van der Waals surface area contributed by atoms with Crippen molar-refractivity contribution in [3.05, 3.63) is 103 Å². The third-order valence-corrected chi connectivity index (χ3v) is 4.88. The van der Waals surface area contributed by atoms with Crippen LogP contribution >= 0.6 is 0 Å². The Morgan fingerprint density at radius 1 is 0.741 bits per heavy atom. The van der Waals surface area contributed by atoms with Crippen molar-refractivity contribution in [1.82, 2.24) is 14.5 Å². The van der Waals surface area contributed by atoms with Crippen LogP contribution < -0.4 is 4.57 Å². The summed E-state index contributed by atoms with van der Waals surface area (Å²) in [6.07, 6.45) is 10.1. The summed E-state index contributed by atoms with van der Waals surface area (Å²) < 4.78 is 4.39. The third kappa shape index (κ3) is 3.06. The number of benzene rings is 2. The monoisotopic (exact) mass is 351 g/mol. The molecule has 0 aliphatic carbocycles. The van der Waals surface area contributed by atoms with Gasteiger partial charge in [-0.2, -0.15) is 0 Å². The van der Waals surface area contributed by atoms with E-state index in [1.54, 1.807) is 0 Å². The van der Waals surface area contributed by atoms with Crippen LogP contribution in [-0.4, -0.2) is 14.5 Å². The number of hydrogen-bond donors (Lipinski definition) is 0. The van der Waals surface area contributed by atoms with Crippen LogP contribution in [0.4, 0.5) is 0 Å². The third-order valence-electron chi connectivity index (χ3n) is 4.88. The molecule has 5 aromatic rings. The standard InChI is InChI=1S/C23H19N4/c1-5-18-9-3-11-24-22(18)20(7-1)15-26-13-14-27(17-26)16-21-8-2-6-19-10-4-12-25-23(19)21/h1-14,17H,15-16H2/q+1. The second kappa shape index (κ2) is 6.65. The van der Waals surface area contributed by atoms with Gasteiger partial charge in [0.2, 0.25) is 6.33 Å². The van der Waals surface area contributed by atoms with Crippen molar-refractivity contribution in [2.75, 3.05) is 0 Å². The van der Waals surface area contributed by atoms with E-state index in [1.165, 1.54) is 21.9 Å². The average molecular weight is 351 g/mol. The zero-order valence-electron chi connectivity index (χ0n) is 14.9. The van der Waals surface area contributed by atoms with E-state index in [0.29, 0.717) is 0 Å². The van der Waals surface area contributed by atoms with Gasteiger partial charge >= 0.3 is 0 Å². The number of imidazole rings is 1. The second-order valence-corrected chi connectivity index (χ2v) is 6.74. The van der Waals surface area contributed by atoms with E-state index < -0.39 is 0 Å². The van der Waals surface area contributed by atoms with Gasteiger partial charge < -0.3 is 0 Å². The molecule has 3 heterocycles. The van der Waals surface area contributed by atoms with Gasteiger partial charge in [0.1, 0.15) is 25.5 Å². The highest BCUT2D eigenvalue weighted by molar-refractivity contribution is 5.82. The number of rotatable bonds is 4. The lowest BCUT2D eigenvalue weighted by atomic mass is 10.1. The number of fused-ring (bicyclic) bond motifs is 2. The summed E-state index contributed by atoms with van der Waals surface area (Å²) >= 11 is 0. The maximum atomic E-state index is 4.56. The minimum Gasteiger partial charge on any atom is -0.256 e. The Morgan fingerprint density at radius 2 is 1.37 bits per heavy atom. The van der Waals surface area contributed by atoms with E-state index in [1.807, 2.05) is 24.5 Å². The Labute approximate surface area is 157 Å². The molecule has 5 rings (SSSR count). The fourth-order valence-corrected chi connectivity index (χ4v) is 3.61. The van der Waals surface area contributed by atoms with E-state index in [0.717, 1.165) is 24.1 Å². The first-order chi connectivity index (χ1) is 13.4. The van der Waals surface area contributed by atoms with E-state index in [9.17, 15) is 0 Å². The second-order valence-electron chi connectivity index (χ2n) is 6.74. The Kier molecular flexibility index (Phi) is 3.87. The van der Waals surface area contributed by atoms with Gasteiger partial charge in [-0.25, -0.2) is 9.13 Å². The normalized spacial score (nSPS) is 11.3. The Hall–Kier alpha value is -3.53. The lowest BCUT2D eigenvalue weighted by Gasteiger charge is -2.04. The number of hydrogen-bond acceptors (Lipinski definition) is 2. The molecule has 4 heteroatoms. The largest absolute Gasteiger partial charge is 0.256 e. The summed E-state index contributed by atoms with van der Waals surface area (Å²) in [5.41, 5.74) is 4.59. The first kappa shape index (κ1) is 15.7. The van der Waals surface area contributed by atoms with Gasteiger partial charge in [0, 0.05) is 34.3 Å². The highest BCUT2D eigenvalue weighted by Gasteiger charge is 2.10. The van der Waals surface area contributed by atoms with Crippen LogP contribution in [0, 0.1) is 0 Å². The summed E-state index contributed by atoms with van der Waals surface area (Å²) in [4.78, 5) is 9.12. The minimum absolute atomic E-state index is 0.801. The molecule has 27 heavy (non-hydrogen) atoms. The van der Waals surface area contributed by atoms with Crippen molar-refractivity contribution in [2.45, 2.75) is 13.1 Å². The Morgan fingerprint density at radius 3 is 2.11 bits per heavy atom. The summed E-state index contributed by atoms with van der Waals surface area (Å²) in [7, 11) is 0. The fourth-order valence-electron chi connectivity index (χ4n) is 3.61. The summed E-state index contributed by atoms with van der Waals surface area (Å²) in [6.45, 7) is 1.60. The predicted octanol–water partition coefficient (Wildman–Crippen LogP) is 3.97. The highest BCUT2D eigenvalue weighted by Crippen LogP contribution is 2.17. The van der Waals surface area contributed by atoms with Gasteiger partial charge in [-0.15, -0.1) is 0 Å². The van der Waals surface area contributed by atoms with Crippen LogP contribution in [0.15, 0.2) is 91.8 Å². The van der Waals surface area contributed by atoms with Gasteiger partial charge in [0.25, 0.3) is 0 Å². The average Bonchev–Trinajstić information content (AvgIpc) is 3.15. The van der Waals surface area contributed by atoms with Crippen LogP contribution in [0.5, 0.6) is 0 Å². The minimum atomic E-state index is 0.801. The molecule has 0 spiro atoms. The van der Waals surface area contributed by atoms with Crippen molar-refractivity contribution in [3.8, 4) is 0 Å². The maximum absolute atomic E-state index is 4.56. The molecule has 2 aromatic carbocycles. The predicted molar refractivity (Wildman–Crippen MR) is 106 cm³/mol. The van der Waals surface area contributed by atoms with E-state index in [-0.39, 0.29) is 0 Å². The molecule has 0 aliphatic rings. The molecule has 4 nitrogen and oxygen atoms in total.